The predicted molar refractivity (Wildman–Crippen MR) is 122 cm³/mol. The number of esters is 1. The van der Waals surface area contributed by atoms with Crippen LogP contribution >= 0.6 is 0 Å². The Morgan fingerprint density at radius 2 is 1.91 bits per heavy atom. The lowest BCUT2D eigenvalue weighted by atomic mass is 10.0. The van der Waals surface area contributed by atoms with Gasteiger partial charge in [-0.3, -0.25) is 24.3 Å². The summed E-state index contributed by atoms with van der Waals surface area (Å²) >= 11 is 0. The SMILES string of the molecule is COC(=O)c1cc([N+](=O)[O-])c(=O)n(CC(=O)Nc2cc(C3CCCC3)nn2-c2ccccc2)c1. The van der Waals surface area contributed by atoms with Crippen LogP contribution in [0.1, 0.15) is 47.7 Å². The zero-order chi connectivity index (χ0) is 24.2. The number of aromatic nitrogens is 3. The molecule has 1 N–H and O–H groups in total. The Kier molecular flexibility index (Phi) is 6.53. The second kappa shape index (κ2) is 9.69. The van der Waals surface area contributed by atoms with Crippen LogP contribution in [0, 0.1) is 10.1 Å². The first-order valence-corrected chi connectivity index (χ1v) is 10.8. The molecule has 2 heterocycles. The summed E-state index contributed by atoms with van der Waals surface area (Å²) in [6.07, 6.45) is 5.38. The van der Waals surface area contributed by atoms with E-state index in [9.17, 15) is 24.5 Å². The number of nitro groups is 1. The van der Waals surface area contributed by atoms with Crippen molar-refractivity contribution in [3.05, 3.63) is 80.4 Å². The number of rotatable bonds is 7. The molecule has 1 aliphatic carbocycles. The topological polar surface area (TPSA) is 138 Å². The molecule has 0 bridgehead atoms. The largest absolute Gasteiger partial charge is 0.465 e. The number of nitrogens with zero attached hydrogens (tertiary/aromatic N) is 4. The molecule has 11 nitrogen and oxygen atoms in total. The number of hydrogen-bond acceptors (Lipinski definition) is 7. The molecular weight excluding hydrogens is 442 g/mol. The van der Waals surface area contributed by atoms with E-state index in [2.05, 4.69) is 10.1 Å². The molecule has 0 atom stereocenters. The lowest BCUT2D eigenvalue weighted by Crippen LogP contribution is -2.30. The molecule has 1 aromatic carbocycles. The van der Waals surface area contributed by atoms with E-state index in [0.29, 0.717) is 11.7 Å². The van der Waals surface area contributed by atoms with Gasteiger partial charge in [0.15, 0.2) is 0 Å². The van der Waals surface area contributed by atoms with Crippen LogP contribution in [-0.2, 0) is 16.1 Å². The lowest BCUT2D eigenvalue weighted by molar-refractivity contribution is -0.386. The number of anilines is 1. The minimum atomic E-state index is -1.00. The molecule has 176 valence electrons. The van der Waals surface area contributed by atoms with Gasteiger partial charge in [-0.1, -0.05) is 31.0 Å². The highest BCUT2D eigenvalue weighted by Crippen LogP contribution is 2.35. The Hall–Kier alpha value is -4.28. The van der Waals surface area contributed by atoms with E-state index in [4.69, 9.17) is 5.10 Å². The first kappa shape index (κ1) is 22.9. The minimum Gasteiger partial charge on any atom is -0.465 e. The third-order valence-corrected chi connectivity index (χ3v) is 5.77. The van der Waals surface area contributed by atoms with Crippen LogP contribution in [0.15, 0.2) is 53.5 Å². The summed E-state index contributed by atoms with van der Waals surface area (Å²) in [6, 6.07) is 11.9. The van der Waals surface area contributed by atoms with Crippen LogP contribution in [0.5, 0.6) is 0 Å². The predicted octanol–water partition coefficient (Wildman–Crippen LogP) is 3.03. The van der Waals surface area contributed by atoms with Gasteiger partial charge in [-0.15, -0.1) is 0 Å². The second-order valence-electron chi connectivity index (χ2n) is 8.03. The number of pyridine rings is 1. The Bertz CT molecular complexity index is 1290. The summed E-state index contributed by atoms with van der Waals surface area (Å²) in [5, 5.41) is 18.7. The van der Waals surface area contributed by atoms with Crippen LogP contribution in [0.25, 0.3) is 5.69 Å². The first-order valence-electron chi connectivity index (χ1n) is 10.8. The molecule has 2 aromatic heterocycles. The van der Waals surface area contributed by atoms with E-state index >= 15 is 0 Å². The molecule has 1 aliphatic rings. The summed E-state index contributed by atoms with van der Waals surface area (Å²) in [5.74, 6) is -0.735. The molecule has 0 unspecified atom stereocenters. The fraction of sp³-hybridized carbons (Fsp3) is 0.304. The zero-order valence-corrected chi connectivity index (χ0v) is 18.5. The number of carbonyl (C=O) groups excluding carboxylic acids is 2. The van der Waals surface area contributed by atoms with Gasteiger partial charge in [0.25, 0.3) is 0 Å². The molecule has 4 rings (SSSR count). The average Bonchev–Trinajstić information content (AvgIpc) is 3.50. The Morgan fingerprint density at radius 3 is 2.56 bits per heavy atom. The molecule has 1 fully saturated rings. The summed E-state index contributed by atoms with van der Waals surface area (Å²) in [4.78, 5) is 47.6. The molecule has 3 aromatic rings. The number of hydrogen-bond donors (Lipinski definition) is 1. The Balaban J connectivity index is 1.64. The smallest absolute Gasteiger partial charge is 0.339 e. The maximum atomic E-state index is 12.9. The standard InChI is InChI=1S/C23H23N5O6/c1-34-23(31)16-11-19(28(32)33)22(30)26(13-16)14-21(29)24-20-12-18(15-7-5-6-8-15)25-27(20)17-9-3-2-4-10-17/h2-4,9-13,15H,5-8,14H2,1H3,(H,24,29). The Morgan fingerprint density at radius 1 is 1.21 bits per heavy atom. The van der Waals surface area contributed by atoms with Crippen LogP contribution in [0.3, 0.4) is 0 Å². The third kappa shape index (κ3) is 4.72. The van der Waals surface area contributed by atoms with Crippen molar-refractivity contribution in [2.45, 2.75) is 38.1 Å². The van der Waals surface area contributed by atoms with Gasteiger partial charge >= 0.3 is 17.2 Å². The van der Waals surface area contributed by atoms with Crippen LogP contribution in [0.2, 0.25) is 0 Å². The molecule has 0 aliphatic heterocycles. The molecule has 0 radical (unpaired) electrons. The maximum Gasteiger partial charge on any atom is 0.339 e. The lowest BCUT2D eigenvalue weighted by Gasteiger charge is -2.10. The van der Waals surface area contributed by atoms with Gasteiger partial charge in [0.2, 0.25) is 5.91 Å². The number of nitrogens with one attached hydrogen (secondary N) is 1. The van der Waals surface area contributed by atoms with E-state index in [-0.39, 0.29) is 5.56 Å². The monoisotopic (exact) mass is 465 g/mol. The van der Waals surface area contributed by atoms with E-state index in [1.165, 1.54) is 0 Å². The summed E-state index contributed by atoms with van der Waals surface area (Å²) in [7, 11) is 1.11. The van der Waals surface area contributed by atoms with Crippen molar-refractivity contribution in [2.75, 3.05) is 12.4 Å². The van der Waals surface area contributed by atoms with Crippen molar-refractivity contribution in [3.8, 4) is 5.69 Å². The van der Waals surface area contributed by atoms with Crippen LogP contribution < -0.4 is 10.9 Å². The van der Waals surface area contributed by atoms with E-state index in [1.807, 2.05) is 36.4 Å². The summed E-state index contributed by atoms with van der Waals surface area (Å²) in [5.41, 5.74) is -0.413. The van der Waals surface area contributed by atoms with Gasteiger partial charge in [0, 0.05) is 24.2 Å². The molecule has 0 spiro atoms. The number of carbonyl (C=O) groups is 2. The molecule has 0 saturated heterocycles. The van der Waals surface area contributed by atoms with Gasteiger partial charge in [-0.2, -0.15) is 5.10 Å². The number of amides is 1. The van der Waals surface area contributed by atoms with E-state index in [1.54, 1.807) is 4.68 Å². The number of para-hydroxylation sites is 1. The van der Waals surface area contributed by atoms with Crippen molar-refractivity contribution in [1.82, 2.24) is 14.3 Å². The van der Waals surface area contributed by atoms with Gasteiger partial charge in [-0.05, 0) is 25.0 Å². The summed E-state index contributed by atoms with van der Waals surface area (Å²) < 4.78 is 7.04. The summed E-state index contributed by atoms with van der Waals surface area (Å²) in [6.45, 7) is -0.538. The van der Waals surface area contributed by atoms with Crippen LogP contribution in [-0.4, -0.2) is 38.3 Å². The fourth-order valence-corrected chi connectivity index (χ4v) is 4.11. The van der Waals surface area contributed by atoms with Gasteiger partial charge < -0.3 is 10.1 Å². The Labute approximate surface area is 194 Å². The third-order valence-electron chi connectivity index (χ3n) is 5.77. The number of methoxy groups -OCH3 is 1. The van der Waals surface area contributed by atoms with Crippen molar-refractivity contribution in [1.29, 1.82) is 0 Å². The number of benzene rings is 1. The fourth-order valence-electron chi connectivity index (χ4n) is 4.11. The molecule has 34 heavy (non-hydrogen) atoms. The number of ether oxygens (including phenoxy) is 1. The van der Waals surface area contributed by atoms with Crippen molar-refractivity contribution in [3.63, 3.8) is 0 Å². The van der Waals surface area contributed by atoms with Crippen molar-refractivity contribution in [2.24, 2.45) is 0 Å². The second-order valence-corrected chi connectivity index (χ2v) is 8.03. The van der Waals surface area contributed by atoms with Crippen LogP contribution in [0.4, 0.5) is 11.5 Å². The minimum absolute atomic E-state index is 0.209. The highest BCUT2D eigenvalue weighted by molar-refractivity contribution is 5.91. The molecule has 11 heteroatoms. The maximum absolute atomic E-state index is 12.9. The zero-order valence-electron chi connectivity index (χ0n) is 18.5. The quantitative estimate of drug-likeness (QED) is 0.321. The average molecular weight is 465 g/mol. The van der Waals surface area contributed by atoms with Gasteiger partial charge in [0.1, 0.15) is 12.4 Å². The van der Waals surface area contributed by atoms with Gasteiger partial charge in [-0.25, -0.2) is 9.48 Å². The first-order chi connectivity index (χ1) is 16.4. The molecule has 1 saturated carbocycles. The van der Waals surface area contributed by atoms with Gasteiger partial charge in [0.05, 0.1) is 29.0 Å². The van der Waals surface area contributed by atoms with Crippen molar-refractivity contribution >= 4 is 23.4 Å². The van der Waals surface area contributed by atoms with E-state index < -0.39 is 34.6 Å². The highest BCUT2D eigenvalue weighted by Gasteiger charge is 2.24. The highest BCUT2D eigenvalue weighted by atomic mass is 16.6. The van der Waals surface area contributed by atoms with Crippen molar-refractivity contribution < 1.29 is 19.2 Å². The molecular formula is C23H23N5O6. The van der Waals surface area contributed by atoms with E-state index in [0.717, 1.165) is 61.0 Å². The normalized spacial score (nSPS) is 13.6. The molecule has 1 amide bonds.